The Morgan fingerprint density at radius 2 is 1.68 bits per heavy atom. The molecular weight excluding hydrogens is 348 g/mol. The predicted octanol–water partition coefficient (Wildman–Crippen LogP) is 1.95. The Bertz CT molecular complexity index is 1030. The highest BCUT2D eigenvalue weighted by atomic mass is 32.2. The first-order valence-electron chi connectivity index (χ1n) is 6.96. The summed E-state index contributed by atoms with van der Waals surface area (Å²) < 4.78 is 36.4. The van der Waals surface area contributed by atoms with Crippen LogP contribution in [0.15, 0.2) is 64.3 Å². The van der Waals surface area contributed by atoms with Gasteiger partial charge in [-0.1, -0.05) is 18.2 Å². The molecule has 3 aromatic rings. The van der Waals surface area contributed by atoms with E-state index in [1.165, 1.54) is 24.3 Å². The summed E-state index contributed by atoms with van der Waals surface area (Å²) in [6, 6.07) is 13.8. The van der Waals surface area contributed by atoms with Crippen molar-refractivity contribution in [3.63, 3.8) is 0 Å². The lowest BCUT2D eigenvalue weighted by Gasteiger charge is -2.07. The van der Waals surface area contributed by atoms with Crippen molar-refractivity contribution in [2.45, 2.75) is 4.90 Å². The van der Waals surface area contributed by atoms with Crippen LogP contribution in [0.3, 0.4) is 0 Å². The van der Waals surface area contributed by atoms with Crippen molar-refractivity contribution < 1.29 is 17.7 Å². The minimum atomic E-state index is -4.27. The number of hydrogen-bond donors (Lipinski definition) is 3. The Kier molecular flexibility index (Phi) is 4.46. The molecule has 0 aliphatic rings. The Morgan fingerprint density at radius 3 is 2.32 bits per heavy atom. The number of nitrogens with one attached hydrogen (secondary N) is 2. The molecular formula is C15H12N4O5S. The van der Waals surface area contributed by atoms with Gasteiger partial charge in [-0.05, 0) is 36.4 Å². The highest BCUT2D eigenvalue weighted by Gasteiger charge is 2.10. The second-order valence-electron chi connectivity index (χ2n) is 4.82. The van der Waals surface area contributed by atoms with Crippen LogP contribution in [0.5, 0.6) is 11.8 Å². The molecule has 0 fully saturated rings. The highest BCUT2D eigenvalue weighted by Crippen LogP contribution is 2.19. The topological polar surface area (TPSA) is 134 Å². The van der Waals surface area contributed by atoms with Gasteiger partial charge in [0.05, 0.1) is 4.90 Å². The molecule has 0 radical (unpaired) electrons. The van der Waals surface area contributed by atoms with Gasteiger partial charge in [0.1, 0.15) is 5.75 Å². The number of nitrogens with zero attached hydrogens (tertiary/aromatic N) is 2. The molecule has 10 heteroatoms. The lowest BCUT2D eigenvalue weighted by Crippen LogP contribution is -2.15. The van der Waals surface area contributed by atoms with Crippen molar-refractivity contribution in [3.8, 4) is 11.8 Å². The summed E-state index contributed by atoms with van der Waals surface area (Å²) in [5.74, 6) is 0.530. The van der Waals surface area contributed by atoms with Crippen LogP contribution < -0.4 is 15.7 Å². The summed E-state index contributed by atoms with van der Waals surface area (Å²) >= 11 is 0. The molecule has 0 saturated heterocycles. The quantitative estimate of drug-likeness (QED) is 0.588. The van der Waals surface area contributed by atoms with Crippen molar-refractivity contribution in [2.75, 3.05) is 5.32 Å². The van der Waals surface area contributed by atoms with Gasteiger partial charge in [-0.25, -0.2) is 4.79 Å². The first-order valence-corrected chi connectivity index (χ1v) is 8.40. The van der Waals surface area contributed by atoms with E-state index in [1.807, 2.05) is 6.07 Å². The Morgan fingerprint density at radius 1 is 1.00 bits per heavy atom. The number of H-pyrrole nitrogens is 1. The molecule has 128 valence electrons. The van der Waals surface area contributed by atoms with Crippen LogP contribution in [0, 0.1) is 0 Å². The van der Waals surface area contributed by atoms with Gasteiger partial charge in [0.2, 0.25) is 5.95 Å². The summed E-state index contributed by atoms with van der Waals surface area (Å²) in [5.41, 5.74) is -0.231. The van der Waals surface area contributed by atoms with E-state index in [-0.39, 0.29) is 16.9 Å². The molecule has 1 heterocycles. The maximum absolute atomic E-state index is 11.6. The third-order valence-corrected chi connectivity index (χ3v) is 3.87. The minimum Gasteiger partial charge on any atom is -0.424 e. The molecule has 0 atom stereocenters. The van der Waals surface area contributed by atoms with E-state index in [4.69, 9.17) is 9.29 Å². The summed E-state index contributed by atoms with van der Waals surface area (Å²) in [5, 5.41) is 2.79. The molecule has 0 bridgehead atoms. The van der Waals surface area contributed by atoms with Crippen LogP contribution in [0.1, 0.15) is 0 Å². The maximum Gasteiger partial charge on any atom is 0.352 e. The summed E-state index contributed by atoms with van der Waals surface area (Å²) in [6.07, 6.45) is 0. The summed E-state index contributed by atoms with van der Waals surface area (Å²) in [4.78, 5) is 21.4. The maximum atomic E-state index is 11.6. The van der Waals surface area contributed by atoms with Gasteiger partial charge < -0.3 is 10.1 Å². The fourth-order valence-electron chi connectivity index (χ4n) is 1.91. The molecule has 2 aromatic carbocycles. The van der Waals surface area contributed by atoms with Crippen molar-refractivity contribution in [1.29, 1.82) is 0 Å². The van der Waals surface area contributed by atoms with Gasteiger partial charge in [0.15, 0.2) is 0 Å². The minimum absolute atomic E-state index is 0.0607. The first kappa shape index (κ1) is 16.6. The van der Waals surface area contributed by atoms with E-state index in [2.05, 4.69) is 20.3 Å². The Labute approximate surface area is 142 Å². The normalized spacial score (nSPS) is 11.1. The second kappa shape index (κ2) is 6.71. The summed E-state index contributed by atoms with van der Waals surface area (Å²) in [6.45, 7) is 0. The van der Waals surface area contributed by atoms with Gasteiger partial charge in [-0.15, -0.1) is 4.98 Å². The number of rotatable bonds is 5. The van der Waals surface area contributed by atoms with E-state index in [1.54, 1.807) is 24.3 Å². The van der Waals surface area contributed by atoms with Gasteiger partial charge in [0.25, 0.3) is 10.1 Å². The predicted molar refractivity (Wildman–Crippen MR) is 88.7 cm³/mol. The first-order chi connectivity index (χ1) is 11.9. The van der Waals surface area contributed by atoms with Gasteiger partial charge >= 0.3 is 11.7 Å². The Balaban J connectivity index is 1.82. The molecule has 0 unspecified atom stereocenters. The zero-order valence-corrected chi connectivity index (χ0v) is 13.4. The lowest BCUT2D eigenvalue weighted by molar-refractivity contribution is 0.438. The van der Waals surface area contributed by atoms with Gasteiger partial charge in [-0.3, -0.25) is 9.54 Å². The summed E-state index contributed by atoms with van der Waals surface area (Å²) in [7, 11) is -4.27. The molecule has 0 aliphatic heterocycles. The van der Waals surface area contributed by atoms with Gasteiger partial charge in [0, 0.05) is 5.69 Å². The van der Waals surface area contributed by atoms with Crippen molar-refractivity contribution in [3.05, 3.63) is 65.1 Å². The monoisotopic (exact) mass is 360 g/mol. The number of aromatic amines is 1. The third kappa shape index (κ3) is 4.40. The van der Waals surface area contributed by atoms with E-state index >= 15 is 0 Å². The van der Waals surface area contributed by atoms with E-state index in [0.717, 1.165) is 0 Å². The number of benzene rings is 2. The van der Waals surface area contributed by atoms with Crippen molar-refractivity contribution in [1.82, 2.24) is 15.0 Å². The standard InChI is InChI=1S/C15H12N4O5S/c20-14-17-13(16-10-6-8-12(9-7-10)25(21,22)23)18-15(19-14)24-11-4-2-1-3-5-11/h1-9H,(H,21,22,23)(H2,16,17,18,19,20). The van der Waals surface area contributed by atoms with Gasteiger partial charge in [-0.2, -0.15) is 13.4 Å². The number of hydrogen-bond acceptors (Lipinski definition) is 7. The number of para-hydroxylation sites is 1. The second-order valence-corrected chi connectivity index (χ2v) is 6.25. The van der Waals surface area contributed by atoms with Crippen molar-refractivity contribution >= 4 is 21.8 Å². The van der Waals surface area contributed by atoms with E-state index in [0.29, 0.717) is 11.4 Å². The lowest BCUT2D eigenvalue weighted by atomic mass is 10.3. The smallest absolute Gasteiger partial charge is 0.352 e. The Hall–Kier alpha value is -3.24. The largest absolute Gasteiger partial charge is 0.424 e. The number of anilines is 2. The highest BCUT2D eigenvalue weighted by molar-refractivity contribution is 7.85. The molecule has 0 aliphatic carbocycles. The van der Waals surface area contributed by atoms with Crippen LogP contribution in [-0.4, -0.2) is 27.9 Å². The fraction of sp³-hybridized carbons (Fsp3) is 0. The number of aromatic nitrogens is 3. The number of ether oxygens (including phenoxy) is 1. The zero-order valence-electron chi connectivity index (χ0n) is 12.6. The van der Waals surface area contributed by atoms with E-state index in [9.17, 15) is 13.2 Å². The molecule has 0 amide bonds. The average molecular weight is 360 g/mol. The SMILES string of the molecule is O=c1nc(Oc2ccccc2)nc(Nc2ccc(S(=O)(=O)O)cc2)[nH]1. The molecule has 1 aromatic heterocycles. The van der Waals surface area contributed by atoms with Crippen molar-refractivity contribution in [2.24, 2.45) is 0 Å². The zero-order chi connectivity index (χ0) is 17.9. The third-order valence-electron chi connectivity index (χ3n) is 3.00. The fourth-order valence-corrected chi connectivity index (χ4v) is 2.39. The molecule has 9 nitrogen and oxygen atoms in total. The van der Waals surface area contributed by atoms with E-state index < -0.39 is 15.8 Å². The van der Waals surface area contributed by atoms with Crippen LogP contribution in [0.4, 0.5) is 11.6 Å². The van der Waals surface area contributed by atoms with Crippen LogP contribution in [0.25, 0.3) is 0 Å². The van der Waals surface area contributed by atoms with Crippen LogP contribution >= 0.6 is 0 Å². The molecule has 3 rings (SSSR count). The molecule has 25 heavy (non-hydrogen) atoms. The molecule has 0 spiro atoms. The van der Waals surface area contributed by atoms with Crippen LogP contribution in [0.2, 0.25) is 0 Å². The molecule has 3 N–H and O–H groups in total. The molecule has 0 saturated carbocycles. The van der Waals surface area contributed by atoms with Crippen LogP contribution in [-0.2, 0) is 10.1 Å². The average Bonchev–Trinajstić information content (AvgIpc) is 2.55.